The van der Waals surface area contributed by atoms with Crippen LogP contribution in [0.2, 0.25) is 0 Å². The fourth-order valence-electron chi connectivity index (χ4n) is 3.61. The van der Waals surface area contributed by atoms with Crippen molar-refractivity contribution in [2.24, 2.45) is 10.9 Å². The number of methoxy groups -OCH3 is 1. The first-order valence-electron chi connectivity index (χ1n) is 9.96. The zero-order chi connectivity index (χ0) is 19.8. The standard InChI is InChI=1S/C21H37N5O.HI/c1-16(2)13-18(25(4)5)14-23-21(22-3)24-17-11-12-26(15-17)19-9-7-8-10-20(19)27-6;/h7-10,16-18H,11-15H2,1-6H3,(H2,22,23,24);1H. The Morgan fingerprint density at radius 1 is 1.32 bits per heavy atom. The topological polar surface area (TPSA) is 52.1 Å². The molecule has 2 unspecified atom stereocenters. The van der Waals surface area contributed by atoms with Crippen LogP contribution < -0.4 is 20.3 Å². The molecule has 0 saturated carbocycles. The van der Waals surface area contributed by atoms with Gasteiger partial charge in [0.25, 0.3) is 0 Å². The van der Waals surface area contributed by atoms with Gasteiger partial charge in [-0.2, -0.15) is 0 Å². The highest BCUT2D eigenvalue weighted by Gasteiger charge is 2.25. The second-order valence-electron chi connectivity index (χ2n) is 7.95. The van der Waals surface area contributed by atoms with Gasteiger partial charge in [-0.05, 0) is 45.0 Å². The number of nitrogens with one attached hydrogen (secondary N) is 2. The lowest BCUT2D eigenvalue weighted by Crippen LogP contribution is -2.49. The van der Waals surface area contributed by atoms with E-state index in [0.29, 0.717) is 18.0 Å². The summed E-state index contributed by atoms with van der Waals surface area (Å²) in [5.74, 6) is 2.50. The zero-order valence-corrected chi connectivity index (χ0v) is 20.6. The SMILES string of the molecule is CN=C(NCC(CC(C)C)N(C)C)NC1CCN(c2ccccc2OC)C1.I. The number of rotatable bonds is 8. The number of hydrogen-bond donors (Lipinski definition) is 2. The van der Waals surface area contributed by atoms with Crippen molar-refractivity contribution < 1.29 is 4.74 Å². The Morgan fingerprint density at radius 2 is 2.04 bits per heavy atom. The molecule has 1 aliphatic heterocycles. The van der Waals surface area contributed by atoms with Gasteiger partial charge in [0.2, 0.25) is 0 Å². The molecule has 28 heavy (non-hydrogen) atoms. The number of nitrogens with zero attached hydrogens (tertiary/aromatic N) is 3. The van der Waals surface area contributed by atoms with Gasteiger partial charge in [0.15, 0.2) is 5.96 Å². The van der Waals surface area contributed by atoms with E-state index in [1.807, 2.05) is 19.2 Å². The maximum Gasteiger partial charge on any atom is 0.191 e. The zero-order valence-electron chi connectivity index (χ0n) is 18.2. The van der Waals surface area contributed by atoms with E-state index < -0.39 is 0 Å². The van der Waals surface area contributed by atoms with Crippen molar-refractivity contribution in [3.8, 4) is 5.75 Å². The van der Waals surface area contributed by atoms with Crippen molar-refractivity contribution in [2.75, 3.05) is 52.8 Å². The second kappa shape index (κ2) is 12.4. The lowest BCUT2D eigenvalue weighted by Gasteiger charge is -2.27. The van der Waals surface area contributed by atoms with Gasteiger partial charge in [-0.15, -0.1) is 24.0 Å². The maximum absolute atomic E-state index is 5.51. The number of ether oxygens (including phenoxy) is 1. The van der Waals surface area contributed by atoms with Gasteiger partial charge < -0.3 is 25.2 Å². The first kappa shape index (κ1) is 24.8. The van der Waals surface area contributed by atoms with Gasteiger partial charge in [-0.25, -0.2) is 0 Å². The molecule has 1 aromatic carbocycles. The van der Waals surface area contributed by atoms with E-state index in [2.05, 4.69) is 65.5 Å². The van der Waals surface area contributed by atoms with Crippen molar-refractivity contribution in [1.82, 2.24) is 15.5 Å². The molecule has 2 rings (SSSR count). The molecule has 1 aromatic rings. The second-order valence-corrected chi connectivity index (χ2v) is 7.95. The van der Waals surface area contributed by atoms with Crippen LogP contribution in [-0.4, -0.2) is 70.8 Å². The molecular weight excluding hydrogens is 465 g/mol. The molecule has 1 fully saturated rings. The molecule has 0 spiro atoms. The number of para-hydroxylation sites is 2. The highest BCUT2D eigenvalue weighted by molar-refractivity contribution is 14.0. The van der Waals surface area contributed by atoms with Gasteiger partial charge in [-0.1, -0.05) is 26.0 Å². The monoisotopic (exact) mass is 503 g/mol. The van der Waals surface area contributed by atoms with Crippen LogP contribution in [0.1, 0.15) is 26.7 Å². The summed E-state index contributed by atoms with van der Waals surface area (Å²) < 4.78 is 5.51. The van der Waals surface area contributed by atoms with Crippen LogP contribution in [0.5, 0.6) is 5.75 Å². The predicted octanol–water partition coefficient (Wildman–Crippen LogP) is 3.03. The minimum Gasteiger partial charge on any atom is -0.495 e. The molecule has 1 aliphatic rings. The van der Waals surface area contributed by atoms with Crippen LogP contribution in [0.3, 0.4) is 0 Å². The quantitative estimate of drug-likeness (QED) is 0.325. The van der Waals surface area contributed by atoms with Crippen LogP contribution >= 0.6 is 24.0 Å². The van der Waals surface area contributed by atoms with Crippen molar-refractivity contribution in [2.45, 2.75) is 38.8 Å². The van der Waals surface area contributed by atoms with Crippen LogP contribution in [0.25, 0.3) is 0 Å². The third kappa shape index (κ3) is 7.31. The highest BCUT2D eigenvalue weighted by atomic mass is 127. The van der Waals surface area contributed by atoms with E-state index in [1.165, 1.54) is 6.42 Å². The number of benzene rings is 1. The molecule has 0 bridgehead atoms. The van der Waals surface area contributed by atoms with Gasteiger partial charge in [0.05, 0.1) is 12.8 Å². The van der Waals surface area contributed by atoms with Crippen molar-refractivity contribution in [3.05, 3.63) is 24.3 Å². The lowest BCUT2D eigenvalue weighted by molar-refractivity contribution is 0.254. The molecule has 1 heterocycles. The summed E-state index contributed by atoms with van der Waals surface area (Å²) >= 11 is 0. The fourth-order valence-corrected chi connectivity index (χ4v) is 3.61. The summed E-state index contributed by atoms with van der Waals surface area (Å²) in [6, 6.07) is 9.10. The van der Waals surface area contributed by atoms with E-state index in [4.69, 9.17) is 4.74 Å². The Labute approximate surface area is 188 Å². The Balaban J connectivity index is 0.00000392. The van der Waals surface area contributed by atoms with E-state index in [-0.39, 0.29) is 24.0 Å². The van der Waals surface area contributed by atoms with Crippen LogP contribution in [-0.2, 0) is 0 Å². The predicted molar refractivity (Wildman–Crippen MR) is 130 cm³/mol. The molecule has 0 aromatic heterocycles. The molecule has 2 N–H and O–H groups in total. The number of anilines is 1. The first-order chi connectivity index (χ1) is 12.9. The minimum atomic E-state index is 0. The van der Waals surface area contributed by atoms with E-state index in [1.54, 1.807) is 7.11 Å². The molecular formula is C21H38IN5O. The summed E-state index contributed by atoms with van der Waals surface area (Å²) in [7, 11) is 7.87. The summed E-state index contributed by atoms with van der Waals surface area (Å²) in [4.78, 5) is 9.10. The number of aliphatic imine (C=N–C) groups is 1. The smallest absolute Gasteiger partial charge is 0.191 e. The number of hydrogen-bond acceptors (Lipinski definition) is 4. The average molecular weight is 503 g/mol. The number of halogens is 1. The molecule has 7 heteroatoms. The third-order valence-electron chi connectivity index (χ3n) is 5.16. The molecule has 0 aliphatic carbocycles. The van der Waals surface area contributed by atoms with Crippen LogP contribution in [0, 0.1) is 5.92 Å². The van der Waals surface area contributed by atoms with Gasteiger partial charge in [-0.3, -0.25) is 4.99 Å². The Morgan fingerprint density at radius 3 is 2.64 bits per heavy atom. The van der Waals surface area contributed by atoms with Crippen LogP contribution in [0.15, 0.2) is 29.3 Å². The van der Waals surface area contributed by atoms with Gasteiger partial charge >= 0.3 is 0 Å². The Hall–Kier alpha value is -1.22. The third-order valence-corrected chi connectivity index (χ3v) is 5.16. The van der Waals surface area contributed by atoms with E-state index >= 15 is 0 Å². The summed E-state index contributed by atoms with van der Waals surface area (Å²) in [6.07, 6.45) is 2.25. The van der Waals surface area contributed by atoms with Crippen LogP contribution in [0.4, 0.5) is 5.69 Å². The summed E-state index contributed by atoms with van der Waals surface area (Å²) in [5, 5.41) is 7.10. The Bertz CT molecular complexity index is 608. The molecule has 6 nitrogen and oxygen atoms in total. The minimum absolute atomic E-state index is 0. The average Bonchev–Trinajstić information content (AvgIpc) is 3.11. The van der Waals surface area contributed by atoms with Crippen molar-refractivity contribution >= 4 is 35.6 Å². The molecule has 1 saturated heterocycles. The van der Waals surface area contributed by atoms with Crippen molar-refractivity contribution in [1.29, 1.82) is 0 Å². The van der Waals surface area contributed by atoms with Crippen molar-refractivity contribution in [3.63, 3.8) is 0 Å². The largest absolute Gasteiger partial charge is 0.495 e. The lowest BCUT2D eigenvalue weighted by atomic mass is 10.0. The van der Waals surface area contributed by atoms with E-state index in [9.17, 15) is 0 Å². The summed E-state index contributed by atoms with van der Waals surface area (Å²) in [5.41, 5.74) is 1.16. The molecule has 2 atom stereocenters. The van der Waals surface area contributed by atoms with E-state index in [0.717, 1.165) is 43.5 Å². The Kier molecular flexibility index (Phi) is 11.0. The van der Waals surface area contributed by atoms with Gasteiger partial charge in [0.1, 0.15) is 5.75 Å². The maximum atomic E-state index is 5.51. The fraction of sp³-hybridized carbons (Fsp3) is 0.667. The molecule has 160 valence electrons. The normalized spacial score (nSPS) is 18.2. The summed E-state index contributed by atoms with van der Waals surface area (Å²) in [6.45, 7) is 7.41. The number of guanidine groups is 1. The number of likely N-dealkylation sites (N-methyl/N-ethyl adjacent to an activating group) is 1. The highest BCUT2D eigenvalue weighted by Crippen LogP contribution is 2.30. The molecule has 0 radical (unpaired) electrons. The molecule has 0 amide bonds. The van der Waals surface area contributed by atoms with Gasteiger partial charge in [0, 0.05) is 38.8 Å². The first-order valence-corrected chi connectivity index (χ1v) is 9.96.